The van der Waals surface area contributed by atoms with Crippen LogP contribution in [-0.4, -0.2) is 25.6 Å². The summed E-state index contributed by atoms with van der Waals surface area (Å²) in [6, 6.07) is 11.8. The van der Waals surface area contributed by atoms with Crippen LogP contribution in [0.15, 0.2) is 42.5 Å². The Morgan fingerprint density at radius 1 is 1.17 bits per heavy atom. The number of esters is 1. The van der Waals surface area contributed by atoms with Gasteiger partial charge >= 0.3 is 5.97 Å². The van der Waals surface area contributed by atoms with Crippen LogP contribution in [0, 0.1) is 6.92 Å². The molecule has 1 N–H and O–H groups in total. The zero-order chi connectivity index (χ0) is 16.8. The molecule has 0 aliphatic carbocycles. The van der Waals surface area contributed by atoms with Gasteiger partial charge in [0.1, 0.15) is 5.75 Å². The van der Waals surface area contributed by atoms with Crippen molar-refractivity contribution in [1.82, 2.24) is 0 Å². The first kappa shape index (κ1) is 16.8. The molecule has 2 aromatic rings. The molecule has 2 aromatic carbocycles. The maximum Gasteiger partial charge on any atom is 0.338 e. The quantitative estimate of drug-likeness (QED) is 0.851. The van der Waals surface area contributed by atoms with Crippen molar-refractivity contribution in [3.63, 3.8) is 0 Å². The van der Waals surface area contributed by atoms with Crippen molar-refractivity contribution < 1.29 is 19.1 Å². The van der Waals surface area contributed by atoms with Crippen molar-refractivity contribution in [3.05, 3.63) is 58.6 Å². The van der Waals surface area contributed by atoms with Gasteiger partial charge in [-0.25, -0.2) is 4.79 Å². The molecule has 0 bridgehead atoms. The van der Waals surface area contributed by atoms with Crippen LogP contribution < -0.4 is 10.1 Å². The van der Waals surface area contributed by atoms with E-state index in [-0.39, 0.29) is 0 Å². The second-order valence-electron chi connectivity index (χ2n) is 4.84. The maximum atomic E-state index is 11.9. The van der Waals surface area contributed by atoms with E-state index in [1.54, 1.807) is 30.3 Å². The molecule has 0 radical (unpaired) electrons. The van der Waals surface area contributed by atoms with Crippen LogP contribution in [0.3, 0.4) is 0 Å². The molecule has 0 unspecified atom stereocenters. The molecule has 120 valence electrons. The van der Waals surface area contributed by atoms with E-state index in [9.17, 15) is 9.59 Å². The number of aryl methyl sites for hydroxylation is 1. The fourth-order valence-electron chi connectivity index (χ4n) is 1.87. The molecule has 0 atom stereocenters. The maximum absolute atomic E-state index is 11.9. The average molecular weight is 334 g/mol. The summed E-state index contributed by atoms with van der Waals surface area (Å²) in [5.74, 6) is -0.531. The Bertz CT molecular complexity index is 730. The molecule has 0 saturated carbocycles. The second kappa shape index (κ2) is 7.65. The highest BCUT2D eigenvalue weighted by Crippen LogP contribution is 2.22. The molecule has 2 rings (SSSR count). The van der Waals surface area contributed by atoms with Gasteiger partial charge in [-0.3, -0.25) is 4.79 Å². The summed E-state index contributed by atoms with van der Waals surface area (Å²) in [6.07, 6.45) is 0. The number of benzene rings is 2. The SMILES string of the molecule is COc1cccc(C(=O)OCC(=O)Nc2ccc(C)cc2Cl)c1. The van der Waals surface area contributed by atoms with Crippen LogP contribution in [0.1, 0.15) is 15.9 Å². The topological polar surface area (TPSA) is 64.6 Å². The van der Waals surface area contributed by atoms with Gasteiger partial charge in [0.25, 0.3) is 5.91 Å². The molecule has 0 spiro atoms. The zero-order valence-electron chi connectivity index (χ0n) is 12.8. The number of halogens is 1. The minimum atomic E-state index is -0.603. The number of amides is 1. The Balaban J connectivity index is 1.92. The van der Waals surface area contributed by atoms with Gasteiger partial charge < -0.3 is 14.8 Å². The van der Waals surface area contributed by atoms with Crippen LogP contribution in [0.25, 0.3) is 0 Å². The number of nitrogens with one attached hydrogen (secondary N) is 1. The summed E-state index contributed by atoms with van der Waals surface area (Å²) in [5, 5.41) is 3.02. The van der Waals surface area contributed by atoms with Crippen LogP contribution in [0.4, 0.5) is 5.69 Å². The van der Waals surface area contributed by atoms with Gasteiger partial charge in [-0.15, -0.1) is 0 Å². The minimum Gasteiger partial charge on any atom is -0.497 e. The van der Waals surface area contributed by atoms with Crippen molar-refractivity contribution in [2.75, 3.05) is 19.0 Å². The first-order valence-electron chi connectivity index (χ1n) is 6.87. The normalized spacial score (nSPS) is 10.0. The summed E-state index contributed by atoms with van der Waals surface area (Å²) in [6.45, 7) is 1.49. The molecule has 0 heterocycles. The van der Waals surface area contributed by atoms with E-state index in [4.69, 9.17) is 21.1 Å². The molecule has 5 nitrogen and oxygen atoms in total. The average Bonchev–Trinajstić information content (AvgIpc) is 2.55. The van der Waals surface area contributed by atoms with Gasteiger partial charge in [-0.2, -0.15) is 0 Å². The summed E-state index contributed by atoms with van der Waals surface area (Å²) < 4.78 is 10.0. The minimum absolute atomic E-state index is 0.311. The Morgan fingerprint density at radius 2 is 1.96 bits per heavy atom. The number of ether oxygens (including phenoxy) is 2. The van der Waals surface area contributed by atoms with Gasteiger partial charge in [0, 0.05) is 0 Å². The molecule has 0 aromatic heterocycles. The molecular formula is C17H16ClNO4. The van der Waals surface area contributed by atoms with E-state index in [1.807, 2.05) is 13.0 Å². The van der Waals surface area contributed by atoms with Crippen molar-refractivity contribution in [2.45, 2.75) is 6.92 Å². The number of carbonyl (C=O) groups is 2. The lowest BCUT2D eigenvalue weighted by Crippen LogP contribution is -2.21. The second-order valence-corrected chi connectivity index (χ2v) is 5.25. The van der Waals surface area contributed by atoms with E-state index in [0.29, 0.717) is 22.0 Å². The highest BCUT2D eigenvalue weighted by atomic mass is 35.5. The van der Waals surface area contributed by atoms with E-state index >= 15 is 0 Å². The fraction of sp³-hybridized carbons (Fsp3) is 0.176. The first-order valence-corrected chi connectivity index (χ1v) is 7.24. The molecule has 0 fully saturated rings. The van der Waals surface area contributed by atoms with E-state index < -0.39 is 18.5 Å². The van der Waals surface area contributed by atoms with Crippen LogP contribution in [0.2, 0.25) is 5.02 Å². The molecule has 0 saturated heterocycles. The van der Waals surface area contributed by atoms with E-state index in [0.717, 1.165) is 5.56 Å². The van der Waals surface area contributed by atoms with Gasteiger partial charge in [0.05, 0.1) is 23.4 Å². The third kappa shape index (κ3) is 4.72. The Labute approximate surface area is 139 Å². The summed E-state index contributed by atoms with van der Waals surface area (Å²) in [7, 11) is 1.50. The number of rotatable bonds is 5. The van der Waals surface area contributed by atoms with E-state index in [2.05, 4.69) is 5.32 Å². The van der Waals surface area contributed by atoms with Crippen molar-refractivity contribution >= 4 is 29.2 Å². The third-order valence-corrected chi connectivity index (χ3v) is 3.35. The Kier molecular flexibility index (Phi) is 5.60. The zero-order valence-corrected chi connectivity index (χ0v) is 13.5. The summed E-state index contributed by atoms with van der Waals surface area (Å²) in [4.78, 5) is 23.7. The predicted octanol–water partition coefficient (Wildman–Crippen LogP) is 3.45. The van der Waals surface area contributed by atoms with Crippen LogP contribution >= 0.6 is 11.6 Å². The number of methoxy groups -OCH3 is 1. The van der Waals surface area contributed by atoms with Crippen molar-refractivity contribution in [1.29, 1.82) is 0 Å². The van der Waals surface area contributed by atoms with Crippen molar-refractivity contribution in [3.8, 4) is 5.75 Å². The highest BCUT2D eigenvalue weighted by molar-refractivity contribution is 6.33. The van der Waals surface area contributed by atoms with Gasteiger partial charge in [0.2, 0.25) is 0 Å². The van der Waals surface area contributed by atoms with Crippen molar-refractivity contribution in [2.24, 2.45) is 0 Å². The largest absolute Gasteiger partial charge is 0.497 e. The van der Waals surface area contributed by atoms with Crippen LogP contribution in [-0.2, 0) is 9.53 Å². The smallest absolute Gasteiger partial charge is 0.338 e. The molecule has 6 heteroatoms. The molecule has 23 heavy (non-hydrogen) atoms. The van der Waals surface area contributed by atoms with Gasteiger partial charge in [0.15, 0.2) is 6.61 Å². The monoisotopic (exact) mass is 333 g/mol. The third-order valence-electron chi connectivity index (χ3n) is 3.04. The molecule has 1 amide bonds. The first-order chi connectivity index (χ1) is 11.0. The van der Waals surface area contributed by atoms with Gasteiger partial charge in [-0.1, -0.05) is 23.7 Å². The molecule has 0 aliphatic heterocycles. The predicted molar refractivity (Wildman–Crippen MR) is 88.1 cm³/mol. The van der Waals surface area contributed by atoms with E-state index in [1.165, 1.54) is 13.2 Å². The number of carbonyl (C=O) groups excluding carboxylic acids is 2. The lowest BCUT2D eigenvalue weighted by molar-refractivity contribution is -0.119. The molecular weight excluding hydrogens is 318 g/mol. The highest BCUT2D eigenvalue weighted by Gasteiger charge is 2.12. The number of anilines is 1. The lowest BCUT2D eigenvalue weighted by atomic mass is 10.2. The number of hydrogen-bond donors (Lipinski definition) is 1. The molecule has 0 aliphatic rings. The fourth-order valence-corrected chi connectivity index (χ4v) is 2.15. The lowest BCUT2D eigenvalue weighted by Gasteiger charge is -2.09. The summed E-state index contributed by atoms with van der Waals surface area (Å²) >= 11 is 6.03. The standard InChI is InChI=1S/C17H16ClNO4/c1-11-6-7-15(14(18)8-11)19-16(20)10-23-17(21)12-4-3-5-13(9-12)22-2/h3-9H,10H2,1-2H3,(H,19,20). The van der Waals surface area contributed by atoms with Gasteiger partial charge in [-0.05, 0) is 42.8 Å². The van der Waals surface area contributed by atoms with Crippen LogP contribution in [0.5, 0.6) is 5.75 Å². The Morgan fingerprint density at radius 3 is 2.65 bits per heavy atom. The number of hydrogen-bond acceptors (Lipinski definition) is 4. The Hall–Kier alpha value is -2.53. The summed E-state index contributed by atoms with van der Waals surface area (Å²) in [5.41, 5.74) is 1.77.